The lowest BCUT2D eigenvalue weighted by molar-refractivity contribution is 0.0326. The number of hydrogen-bond acceptors (Lipinski definition) is 5. The maximum Gasteiger partial charge on any atom is 0.203 e. The molecule has 32 heavy (non-hydrogen) atoms. The minimum Gasteiger partial charge on any atom is -0.505 e. The molecule has 2 aliphatic carbocycles. The molecule has 3 rings (SSSR count). The topological polar surface area (TPSA) is 114 Å². The molecule has 0 radical (unpaired) electrons. The number of aliphatic hydroxyl groups excluding tert-OH is 2. The van der Waals surface area contributed by atoms with Crippen molar-refractivity contribution in [2.75, 3.05) is 0 Å². The lowest BCUT2D eigenvalue weighted by Gasteiger charge is -2.51. The highest BCUT2D eigenvalue weighted by Crippen LogP contribution is 2.56. The van der Waals surface area contributed by atoms with Gasteiger partial charge in [0.1, 0.15) is 5.56 Å². The van der Waals surface area contributed by atoms with Crippen LogP contribution in [-0.4, -0.2) is 37.3 Å². The molecule has 6 heteroatoms. The summed E-state index contributed by atoms with van der Waals surface area (Å²) in [5, 5.41) is 39.9. The van der Waals surface area contributed by atoms with E-state index in [0.717, 1.165) is 24.8 Å². The highest BCUT2D eigenvalue weighted by Gasteiger charge is 2.54. The third-order valence-corrected chi connectivity index (χ3v) is 7.48. The van der Waals surface area contributed by atoms with Crippen molar-refractivity contribution < 1.29 is 25.2 Å². The molecule has 2 aliphatic rings. The van der Waals surface area contributed by atoms with Gasteiger partial charge in [0.15, 0.2) is 11.5 Å². The fourth-order valence-electron chi connectivity index (χ4n) is 5.82. The van der Waals surface area contributed by atoms with Gasteiger partial charge in [-0.05, 0) is 50.9 Å². The second kappa shape index (κ2) is 9.67. The van der Waals surface area contributed by atoms with Gasteiger partial charge in [-0.3, -0.25) is 4.79 Å². The average Bonchev–Trinajstić information content (AvgIpc) is 3.01. The summed E-state index contributed by atoms with van der Waals surface area (Å²) in [5.41, 5.74) is 0.154. The molecular formula is C26H37NO5. The Balaban J connectivity index is 2.06. The van der Waals surface area contributed by atoms with E-state index < -0.39 is 24.0 Å². The molecule has 1 aromatic heterocycles. The monoisotopic (exact) mass is 443 g/mol. The first-order valence-electron chi connectivity index (χ1n) is 11.6. The van der Waals surface area contributed by atoms with Crippen LogP contribution in [0.2, 0.25) is 0 Å². The number of carbonyl (C=O) groups excluding carboxylic acids is 1. The first-order valence-corrected chi connectivity index (χ1v) is 11.6. The Morgan fingerprint density at radius 1 is 1.31 bits per heavy atom. The van der Waals surface area contributed by atoms with Gasteiger partial charge in [-0.15, -0.1) is 0 Å². The van der Waals surface area contributed by atoms with Crippen LogP contribution in [0.25, 0.3) is 0 Å². The second-order valence-corrected chi connectivity index (χ2v) is 9.92. The van der Waals surface area contributed by atoms with E-state index in [9.17, 15) is 25.2 Å². The van der Waals surface area contributed by atoms with Crippen LogP contribution in [0, 0.1) is 29.1 Å². The Morgan fingerprint density at radius 3 is 2.66 bits per heavy atom. The molecule has 1 fully saturated rings. The van der Waals surface area contributed by atoms with Crippen LogP contribution in [0.4, 0.5) is 0 Å². The quantitative estimate of drug-likeness (QED) is 0.240. The number of aromatic hydroxyl groups is 2. The Hall–Kier alpha value is -2.31. The molecule has 6 nitrogen and oxygen atoms in total. The van der Waals surface area contributed by atoms with Crippen LogP contribution < -0.4 is 0 Å². The van der Waals surface area contributed by atoms with Crippen LogP contribution in [0.3, 0.4) is 0 Å². The number of rotatable bonds is 7. The lowest BCUT2D eigenvalue weighted by atomic mass is 9.51. The molecule has 1 heterocycles. The largest absolute Gasteiger partial charge is 0.505 e. The molecular weight excluding hydrogens is 406 g/mol. The van der Waals surface area contributed by atoms with Crippen LogP contribution in [0.1, 0.15) is 69.4 Å². The zero-order valence-corrected chi connectivity index (χ0v) is 19.5. The highest BCUT2D eigenvalue weighted by atomic mass is 16.3. The van der Waals surface area contributed by atoms with Gasteiger partial charge in [-0.25, -0.2) is 0 Å². The van der Waals surface area contributed by atoms with Crippen molar-refractivity contribution in [1.82, 2.24) is 4.98 Å². The zero-order valence-electron chi connectivity index (χ0n) is 19.5. The Kier molecular flexibility index (Phi) is 7.36. The number of ketones is 1. The number of nitrogens with one attached hydrogen (secondary N) is 1. The number of aliphatic hydroxyl groups is 2. The zero-order chi connectivity index (χ0) is 23.6. The number of carbonyl (C=O) groups is 1. The van der Waals surface area contributed by atoms with Crippen LogP contribution in [0.5, 0.6) is 11.6 Å². The standard InChI is InChI=1S/C26H37NO5/c1-15-10-11-20-18(12-15)13-16(2)19(9-7-5-6-8-17(3)29)26(20,4)24(31)22-23(30)21(14-28)27-25(22)32/h5-7,9,13,15,17-20,27-30,32H,8,10-12,14H2,1-4H3/b6-5+,9-7+/t15-,17-,18+,19+,20+,26-/m1/s1. The highest BCUT2D eigenvalue weighted by molar-refractivity contribution is 6.05. The van der Waals surface area contributed by atoms with Crippen molar-refractivity contribution in [3.8, 4) is 11.6 Å². The van der Waals surface area contributed by atoms with E-state index in [1.165, 1.54) is 0 Å². The van der Waals surface area contributed by atoms with E-state index in [1.807, 2.05) is 38.2 Å². The summed E-state index contributed by atoms with van der Waals surface area (Å²) in [6.45, 7) is 7.49. The van der Waals surface area contributed by atoms with E-state index in [2.05, 4.69) is 18.0 Å². The van der Waals surface area contributed by atoms with Crippen molar-refractivity contribution in [2.24, 2.45) is 29.1 Å². The van der Waals surface area contributed by atoms with Gasteiger partial charge in [-0.1, -0.05) is 56.2 Å². The molecule has 0 saturated heterocycles. The Bertz CT molecular complexity index is 925. The van der Waals surface area contributed by atoms with Crippen molar-refractivity contribution in [3.05, 3.63) is 47.2 Å². The summed E-state index contributed by atoms with van der Waals surface area (Å²) in [6, 6.07) is 0. The van der Waals surface area contributed by atoms with Gasteiger partial charge in [0.05, 0.1) is 18.4 Å². The molecule has 0 aliphatic heterocycles. The Morgan fingerprint density at radius 2 is 2.03 bits per heavy atom. The Labute approximate surface area is 190 Å². The van der Waals surface area contributed by atoms with Gasteiger partial charge in [0, 0.05) is 11.3 Å². The lowest BCUT2D eigenvalue weighted by Crippen LogP contribution is -2.49. The molecule has 6 atom stereocenters. The van der Waals surface area contributed by atoms with E-state index in [1.54, 1.807) is 6.92 Å². The van der Waals surface area contributed by atoms with E-state index in [0.29, 0.717) is 12.3 Å². The van der Waals surface area contributed by atoms with Gasteiger partial charge >= 0.3 is 0 Å². The van der Waals surface area contributed by atoms with E-state index in [-0.39, 0.29) is 40.5 Å². The smallest absolute Gasteiger partial charge is 0.203 e. The fourth-order valence-corrected chi connectivity index (χ4v) is 5.82. The molecule has 1 aromatic rings. The fraction of sp³-hybridized carbons (Fsp3) is 0.577. The van der Waals surface area contributed by atoms with Gasteiger partial charge in [0.25, 0.3) is 0 Å². The number of H-pyrrole nitrogens is 1. The third-order valence-electron chi connectivity index (χ3n) is 7.48. The first kappa shape index (κ1) is 24.3. The predicted octanol–water partition coefficient (Wildman–Crippen LogP) is 4.62. The molecule has 5 N–H and O–H groups in total. The van der Waals surface area contributed by atoms with E-state index >= 15 is 0 Å². The second-order valence-electron chi connectivity index (χ2n) is 9.92. The molecule has 0 aromatic carbocycles. The van der Waals surface area contributed by atoms with Crippen LogP contribution in [-0.2, 0) is 6.61 Å². The van der Waals surface area contributed by atoms with Gasteiger partial charge < -0.3 is 25.4 Å². The number of fused-ring (bicyclic) bond motifs is 1. The van der Waals surface area contributed by atoms with Gasteiger partial charge in [-0.2, -0.15) is 0 Å². The van der Waals surface area contributed by atoms with Crippen molar-refractivity contribution in [1.29, 1.82) is 0 Å². The van der Waals surface area contributed by atoms with Crippen molar-refractivity contribution >= 4 is 5.78 Å². The van der Waals surface area contributed by atoms with E-state index in [4.69, 9.17) is 0 Å². The maximum absolute atomic E-state index is 14.0. The van der Waals surface area contributed by atoms with Crippen LogP contribution in [0.15, 0.2) is 36.0 Å². The predicted molar refractivity (Wildman–Crippen MR) is 124 cm³/mol. The molecule has 0 unspecified atom stereocenters. The summed E-state index contributed by atoms with van der Waals surface area (Å²) in [6.07, 6.45) is 13.1. The summed E-state index contributed by atoms with van der Waals surface area (Å²) in [7, 11) is 0. The van der Waals surface area contributed by atoms with Gasteiger partial charge in [0.2, 0.25) is 5.88 Å². The number of Topliss-reactive ketones (excluding diaryl/α,β-unsaturated/α-hetero) is 1. The number of allylic oxidation sites excluding steroid dienone is 5. The van der Waals surface area contributed by atoms with Crippen LogP contribution >= 0.6 is 0 Å². The summed E-state index contributed by atoms with van der Waals surface area (Å²) < 4.78 is 0. The summed E-state index contributed by atoms with van der Waals surface area (Å²) in [4.78, 5) is 16.6. The first-order chi connectivity index (χ1) is 15.1. The molecule has 0 bridgehead atoms. The number of aromatic nitrogens is 1. The molecule has 176 valence electrons. The normalized spacial score (nSPS) is 31.6. The molecule has 1 saturated carbocycles. The van der Waals surface area contributed by atoms with Crippen molar-refractivity contribution in [3.63, 3.8) is 0 Å². The van der Waals surface area contributed by atoms with Crippen molar-refractivity contribution in [2.45, 2.75) is 66.1 Å². The summed E-state index contributed by atoms with van der Waals surface area (Å²) in [5.74, 6) is -0.338. The average molecular weight is 444 g/mol. The minimum absolute atomic E-state index is 0.0412. The summed E-state index contributed by atoms with van der Waals surface area (Å²) >= 11 is 0. The minimum atomic E-state index is -0.859. The maximum atomic E-state index is 14.0. The molecule has 0 spiro atoms. The number of hydrogen-bond donors (Lipinski definition) is 5. The molecule has 0 amide bonds. The third kappa shape index (κ3) is 4.44. The number of aromatic amines is 1. The SMILES string of the molecule is CC1=C[C@@H]2C[C@H](C)CC[C@@H]2[C@](C)(C(=O)c2c(O)[nH]c(CO)c2O)[C@H]1/C=C/C=C/C[C@@H](C)O.